The van der Waals surface area contributed by atoms with Gasteiger partial charge in [0.1, 0.15) is 0 Å². The van der Waals surface area contributed by atoms with Gasteiger partial charge in [0.2, 0.25) is 15.9 Å². The van der Waals surface area contributed by atoms with E-state index in [1.54, 1.807) is 13.2 Å². The van der Waals surface area contributed by atoms with Crippen LogP contribution in [-0.2, 0) is 19.6 Å². The summed E-state index contributed by atoms with van der Waals surface area (Å²) in [6.07, 6.45) is 3.06. The van der Waals surface area contributed by atoms with E-state index in [0.29, 0.717) is 5.69 Å². The molecule has 0 aliphatic heterocycles. The first-order valence-corrected chi connectivity index (χ1v) is 7.87. The summed E-state index contributed by atoms with van der Waals surface area (Å²) in [7, 11) is -2.17. The van der Waals surface area contributed by atoms with Gasteiger partial charge < -0.3 is 10.1 Å². The molecule has 0 heterocycles. The molecule has 0 saturated heterocycles. The highest BCUT2D eigenvalue weighted by molar-refractivity contribution is 7.89. The molecule has 1 aliphatic rings. The predicted molar refractivity (Wildman–Crippen MR) is 74.7 cm³/mol. The number of ether oxygens (including phenoxy) is 1. The molecule has 1 aromatic carbocycles. The van der Waals surface area contributed by atoms with Crippen LogP contribution >= 0.6 is 0 Å². The average Bonchev–Trinajstić information content (AvgIpc) is 2.33. The van der Waals surface area contributed by atoms with Gasteiger partial charge in [-0.3, -0.25) is 4.79 Å². The zero-order valence-electron chi connectivity index (χ0n) is 11.3. The van der Waals surface area contributed by atoms with Crippen molar-refractivity contribution in [3.8, 4) is 0 Å². The topological polar surface area (TPSA) is 98.5 Å². The Balaban J connectivity index is 2.05. The van der Waals surface area contributed by atoms with Crippen LogP contribution in [0.4, 0.5) is 5.69 Å². The summed E-state index contributed by atoms with van der Waals surface area (Å²) in [5, 5.41) is 7.72. The molecule has 0 atom stereocenters. The Morgan fingerprint density at radius 3 is 2.65 bits per heavy atom. The summed E-state index contributed by atoms with van der Waals surface area (Å²) in [5.74, 6) is -0.196. The number of nitrogens with one attached hydrogen (secondary N) is 1. The number of methoxy groups -OCH3 is 1. The second-order valence-electron chi connectivity index (χ2n) is 5.04. The van der Waals surface area contributed by atoms with Crippen LogP contribution in [0.25, 0.3) is 0 Å². The molecule has 3 N–H and O–H groups in total. The number of hydrogen-bond donors (Lipinski definition) is 2. The monoisotopic (exact) mass is 298 g/mol. The number of benzene rings is 1. The first-order chi connectivity index (χ1) is 9.35. The number of anilines is 1. The van der Waals surface area contributed by atoms with Gasteiger partial charge in [0, 0.05) is 12.8 Å². The fourth-order valence-electron chi connectivity index (χ4n) is 2.27. The van der Waals surface area contributed by atoms with Crippen molar-refractivity contribution in [2.24, 2.45) is 5.14 Å². The van der Waals surface area contributed by atoms with Crippen LogP contribution in [0.5, 0.6) is 0 Å². The Labute approximate surface area is 118 Å². The molecular weight excluding hydrogens is 280 g/mol. The maximum absolute atomic E-state index is 12.0. The molecule has 20 heavy (non-hydrogen) atoms. The molecule has 6 nitrogen and oxygen atoms in total. The minimum atomic E-state index is -3.77. The summed E-state index contributed by atoms with van der Waals surface area (Å²) < 4.78 is 27.9. The Morgan fingerprint density at radius 1 is 1.45 bits per heavy atom. The van der Waals surface area contributed by atoms with Crippen LogP contribution in [0.2, 0.25) is 0 Å². The van der Waals surface area contributed by atoms with Crippen LogP contribution in [-0.4, -0.2) is 27.0 Å². The number of primary sulfonamides is 1. The number of sulfonamides is 1. The molecule has 0 unspecified atom stereocenters. The van der Waals surface area contributed by atoms with Crippen molar-refractivity contribution in [3.05, 3.63) is 24.3 Å². The second-order valence-corrected chi connectivity index (χ2v) is 6.60. The molecule has 0 spiro atoms. The van der Waals surface area contributed by atoms with Gasteiger partial charge in [-0.1, -0.05) is 6.07 Å². The lowest BCUT2D eigenvalue weighted by Crippen LogP contribution is -2.42. The zero-order valence-corrected chi connectivity index (χ0v) is 12.1. The van der Waals surface area contributed by atoms with Crippen molar-refractivity contribution in [3.63, 3.8) is 0 Å². The van der Waals surface area contributed by atoms with E-state index in [9.17, 15) is 13.2 Å². The summed E-state index contributed by atoms with van der Waals surface area (Å²) in [6.45, 7) is 0. The van der Waals surface area contributed by atoms with Gasteiger partial charge in [0.25, 0.3) is 0 Å². The largest absolute Gasteiger partial charge is 0.378 e. The fraction of sp³-hybridized carbons (Fsp3) is 0.462. The van der Waals surface area contributed by atoms with Gasteiger partial charge in [0.15, 0.2) is 0 Å². The van der Waals surface area contributed by atoms with Crippen LogP contribution in [0.1, 0.15) is 25.7 Å². The van der Waals surface area contributed by atoms with E-state index in [1.165, 1.54) is 18.2 Å². The Morgan fingerprint density at radius 2 is 2.15 bits per heavy atom. The van der Waals surface area contributed by atoms with Crippen molar-refractivity contribution in [1.82, 2.24) is 0 Å². The molecule has 1 saturated carbocycles. The van der Waals surface area contributed by atoms with Crippen LogP contribution in [0, 0.1) is 0 Å². The van der Waals surface area contributed by atoms with Crippen LogP contribution in [0.3, 0.4) is 0 Å². The minimum absolute atomic E-state index is 0.0274. The molecule has 0 bridgehead atoms. The van der Waals surface area contributed by atoms with E-state index in [-0.39, 0.29) is 22.8 Å². The third kappa shape index (κ3) is 3.36. The standard InChI is InChI=1S/C13H18N2O4S/c1-19-13(6-3-7-13)9-12(16)15-10-4-2-5-11(8-10)20(14,17)18/h2,4-5,8H,3,6-7,9H2,1H3,(H,15,16)(H2,14,17,18). The smallest absolute Gasteiger partial charge is 0.238 e. The van der Waals surface area contributed by atoms with Gasteiger partial charge in [-0.05, 0) is 37.5 Å². The van der Waals surface area contributed by atoms with Gasteiger partial charge in [0.05, 0.1) is 16.9 Å². The van der Waals surface area contributed by atoms with Gasteiger partial charge in [-0.2, -0.15) is 0 Å². The molecule has 1 aromatic rings. The number of rotatable bonds is 5. The molecule has 0 radical (unpaired) electrons. The number of carbonyl (C=O) groups is 1. The van der Waals surface area contributed by atoms with Crippen molar-refractivity contribution in [2.45, 2.75) is 36.2 Å². The molecule has 110 valence electrons. The van der Waals surface area contributed by atoms with E-state index >= 15 is 0 Å². The van der Waals surface area contributed by atoms with Crippen molar-refractivity contribution in [1.29, 1.82) is 0 Å². The summed E-state index contributed by atoms with van der Waals surface area (Å²) >= 11 is 0. The molecule has 1 aliphatic carbocycles. The number of carbonyl (C=O) groups excluding carboxylic acids is 1. The first-order valence-electron chi connectivity index (χ1n) is 6.33. The maximum Gasteiger partial charge on any atom is 0.238 e. The lowest BCUT2D eigenvalue weighted by Gasteiger charge is -2.39. The zero-order chi connectivity index (χ0) is 14.8. The molecule has 2 rings (SSSR count). The third-order valence-electron chi connectivity index (χ3n) is 3.63. The Kier molecular flexibility index (Phi) is 4.12. The summed E-state index contributed by atoms with van der Waals surface area (Å²) in [5.41, 5.74) is 0.0499. The maximum atomic E-state index is 12.0. The normalized spacial score (nSPS) is 17.3. The van der Waals surface area contributed by atoms with E-state index in [4.69, 9.17) is 9.88 Å². The highest BCUT2D eigenvalue weighted by atomic mass is 32.2. The summed E-state index contributed by atoms with van der Waals surface area (Å²) in [4.78, 5) is 11.9. The van der Waals surface area contributed by atoms with Gasteiger partial charge >= 0.3 is 0 Å². The van der Waals surface area contributed by atoms with E-state index in [1.807, 2.05) is 0 Å². The number of hydrogen-bond acceptors (Lipinski definition) is 4. The number of amides is 1. The van der Waals surface area contributed by atoms with E-state index in [2.05, 4.69) is 5.32 Å². The first kappa shape index (κ1) is 15.0. The Bertz CT molecular complexity index is 603. The van der Waals surface area contributed by atoms with Crippen molar-refractivity contribution in [2.75, 3.05) is 12.4 Å². The molecule has 0 aromatic heterocycles. The van der Waals surface area contributed by atoms with E-state index in [0.717, 1.165) is 19.3 Å². The highest BCUT2D eigenvalue weighted by Crippen LogP contribution is 2.38. The predicted octanol–water partition coefficient (Wildman–Crippen LogP) is 1.23. The molecule has 1 amide bonds. The van der Waals surface area contributed by atoms with Crippen LogP contribution in [0.15, 0.2) is 29.2 Å². The van der Waals surface area contributed by atoms with Gasteiger partial charge in [-0.15, -0.1) is 0 Å². The second kappa shape index (κ2) is 5.51. The third-order valence-corrected chi connectivity index (χ3v) is 4.54. The highest BCUT2D eigenvalue weighted by Gasteiger charge is 2.38. The van der Waals surface area contributed by atoms with Gasteiger partial charge in [-0.25, -0.2) is 13.6 Å². The fourth-order valence-corrected chi connectivity index (χ4v) is 2.83. The lowest BCUT2D eigenvalue weighted by atomic mass is 9.77. The van der Waals surface area contributed by atoms with Crippen LogP contribution < -0.4 is 10.5 Å². The van der Waals surface area contributed by atoms with Crippen molar-refractivity contribution >= 4 is 21.6 Å². The van der Waals surface area contributed by atoms with E-state index < -0.39 is 10.0 Å². The minimum Gasteiger partial charge on any atom is -0.378 e. The molecular formula is C13H18N2O4S. The van der Waals surface area contributed by atoms with Crippen molar-refractivity contribution < 1.29 is 17.9 Å². The SMILES string of the molecule is COC1(CC(=O)Nc2cccc(S(N)(=O)=O)c2)CCC1. The molecule has 7 heteroatoms. The lowest BCUT2D eigenvalue weighted by molar-refractivity contribution is -0.129. The molecule has 1 fully saturated rings. The number of nitrogens with two attached hydrogens (primary N) is 1. The average molecular weight is 298 g/mol. The Hall–Kier alpha value is -1.44. The summed E-state index contributed by atoms with van der Waals surface area (Å²) in [6, 6.07) is 5.87. The quantitative estimate of drug-likeness (QED) is 0.854.